The van der Waals surface area contributed by atoms with Crippen molar-refractivity contribution in [2.75, 3.05) is 25.0 Å². The van der Waals surface area contributed by atoms with Crippen molar-refractivity contribution in [2.45, 2.75) is 25.0 Å². The van der Waals surface area contributed by atoms with Gasteiger partial charge in [-0.1, -0.05) is 11.2 Å². The minimum Gasteiger partial charge on any atom is -0.409 e. The molecule has 0 radical (unpaired) electrons. The topological polar surface area (TPSA) is 165 Å². The van der Waals surface area contributed by atoms with Crippen molar-refractivity contribution in [3.8, 4) is 0 Å². The maximum absolute atomic E-state index is 14.2. The summed E-state index contributed by atoms with van der Waals surface area (Å²) in [6, 6.07) is 1.89. The molecule has 0 aliphatic heterocycles. The summed E-state index contributed by atoms with van der Waals surface area (Å²) in [5.74, 6) is -2.72. The number of aryl methyl sites for hydroxylation is 1. The Balaban J connectivity index is 1.67. The highest BCUT2D eigenvalue weighted by atomic mass is 19.2. The standard InChI is InChI=1S/C17H20F2N6O5/c18-10-3-1-8-2-4-11(13(8)14(10)19)22-17(23-29)15-16(25-30-24-15)21-6-12(28)20-5-9(27)7-26/h1,3,9,11,26-27,29H,2,4-7H2,(H,20,28)(H,21,25)(H,22,23)/t9-,11?/m1/s1. The van der Waals surface area contributed by atoms with Gasteiger partial charge in [0.25, 0.3) is 0 Å². The van der Waals surface area contributed by atoms with Gasteiger partial charge in [-0.05, 0) is 34.8 Å². The average molecular weight is 426 g/mol. The molecule has 0 bridgehead atoms. The minimum atomic E-state index is -1.09. The molecule has 30 heavy (non-hydrogen) atoms. The van der Waals surface area contributed by atoms with Crippen LogP contribution in [0, 0.1) is 11.6 Å². The predicted octanol–water partition coefficient (Wildman–Crippen LogP) is -0.358. The van der Waals surface area contributed by atoms with Gasteiger partial charge in [0.2, 0.25) is 11.7 Å². The zero-order valence-electron chi connectivity index (χ0n) is 15.6. The number of amidine groups is 1. The number of nitrogens with one attached hydrogen (secondary N) is 3. The minimum absolute atomic E-state index is 0.0360. The number of oxime groups is 1. The molecular formula is C17H20F2N6O5. The molecule has 1 amide bonds. The zero-order valence-corrected chi connectivity index (χ0v) is 15.6. The second-order valence-corrected chi connectivity index (χ2v) is 6.57. The average Bonchev–Trinajstić information content (AvgIpc) is 3.38. The van der Waals surface area contributed by atoms with E-state index >= 15 is 0 Å². The lowest BCUT2D eigenvalue weighted by atomic mass is 10.1. The first-order chi connectivity index (χ1) is 14.4. The molecule has 11 nitrogen and oxygen atoms in total. The second kappa shape index (κ2) is 9.45. The van der Waals surface area contributed by atoms with Crippen LogP contribution in [-0.2, 0) is 11.2 Å². The van der Waals surface area contributed by atoms with Crippen molar-refractivity contribution < 1.29 is 33.6 Å². The Hall–Kier alpha value is -3.32. The van der Waals surface area contributed by atoms with E-state index in [0.29, 0.717) is 18.4 Å². The van der Waals surface area contributed by atoms with E-state index in [-0.39, 0.29) is 36.0 Å². The van der Waals surface area contributed by atoms with Crippen LogP contribution < -0.4 is 16.0 Å². The lowest BCUT2D eigenvalue weighted by molar-refractivity contribution is -0.119. The lowest BCUT2D eigenvalue weighted by Crippen LogP contribution is -2.37. The molecule has 1 heterocycles. The number of halogens is 2. The van der Waals surface area contributed by atoms with E-state index in [1.807, 2.05) is 0 Å². The molecule has 0 fully saturated rings. The maximum Gasteiger partial charge on any atom is 0.239 e. The van der Waals surface area contributed by atoms with Gasteiger partial charge in [0, 0.05) is 12.1 Å². The van der Waals surface area contributed by atoms with Crippen LogP contribution in [0.15, 0.2) is 21.9 Å². The van der Waals surface area contributed by atoms with Crippen LogP contribution in [-0.4, -0.2) is 63.3 Å². The molecule has 2 aromatic rings. The molecule has 1 aromatic heterocycles. The molecule has 0 saturated carbocycles. The fourth-order valence-corrected chi connectivity index (χ4v) is 3.08. The summed E-state index contributed by atoms with van der Waals surface area (Å²) in [4.78, 5) is 11.8. The molecule has 6 N–H and O–H groups in total. The van der Waals surface area contributed by atoms with Crippen LogP contribution in [0.5, 0.6) is 0 Å². The van der Waals surface area contributed by atoms with E-state index in [0.717, 1.165) is 6.07 Å². The van der Waals surface area contributed by atoms with Gasteiger partial charge >= 0.3 is 0 Å². The number of anilines is 1. The third-order valence-corrected chi connectivity index (χ3v) is 4.56. The fourth-order valence-electron chi connectivity index (χ4n) is 3.08. The van der Waals surface area contributed by atoms with Gasteiger partial charge in [-0.25, -0.2) is 13.4 Å². The van der Waals surface area contributed by atoms with Crippen LogP contribution in [0.3, 0.4) is 0 Å². The van der Waals surface area contributed by atoms with Gasteiger partial charge in [-0.15, -0.1) is 0 Å². The molecule has 162 valence electrons. The van der Waals surface area contributed by atoms with Crippen LogP contribution in [0.2, 0.25) is 0 Å². The summed E-state index contributed by atoms with van der Waals surface area (Å²) in [6.07, 6.45) is -0.154. The first-order valence-corrected chi connectivity index (χ1v) is 9.02. The van der Waals surface area contributed by atoms with Crippen molar-refractivity contribution >= 4 is 17.6 Å². The molecule has 3 rings (SSSR count). The smallest absolute Gasteiger partial charge is 0.239 e. The summed E-state index contributed by atoms with van der Waals surface area (Å²) < 4.78 is 32.5. The fraction of sp³-hybridized carbons (Fsp3) is 0.412. The number of aromatic nitrogens is 2. The number of fused-ring (bicyclic) bond motifs is 1. The number of carbonyl (C=O) groups is 1. The largest absolute Gasteiger partial charge is 0.409 e. The highest BCUT2D eigenvalue weighted by molar-refractivity contribution is 6.01. The molecule has 2 atom stereocenters. The number of carbonyl (C=O) groups excluding carboxylic acids is 1. The van der Waals surface area contributed by atoms with Gasteiger partial charge < -0.3 is 31.4 Å². The summed E-state index contributed by atoms with van der Waals surface area (Å²) in [5.41, 5.74) is 0.706. The van der Waals surface area contributed by atoms with Crippen molar-refractivity contribution in [1.82, 2.24) is 20.9 Å². The highest BCUT2D eigenvalue weighted by Gasteiger charge is 2.30. The normalized spacial score (nSPS) is 16.8. The number of benzene rings is 1. The number of hydrogen-bond donors (Lipinski definition) is 6. The van der Waals surface area contributed by atoms with Gasteiger partial charge in [0.05, 0.1) is 25.3 Å². The number of nitrogens with zero attached hydrogens (tertiary/aromatic N) is 3. The number of rotatable bonds is 8. The Bertz CT molecular complexity index is 937. The third-order valence-electron chi connectivity index (χ3n) is 4.56. The van der Waals surface area contributed by atoms with Crippen LogP contribution >= 0.6 is 0 Å². The summed E-state index contributed by atoms with van der Waals surface area (Å²) in [6.45, 7) is -0.929. The molecule has 1 unspecified atom stereocenters. The van der Waals surface area contributed by atoms with Crippen molar-refractivity contribution in [2.24, 2.45) is 5.16 Å². The molecule has 1 aliphatic rings. The van der Waals surface area contributed by atoms with Crippen molar-refractivity contribution in [1.29, 1.82) is 0 Å². The Morgan fingerprint density at radius 1 is 1.37 bits per heavy atom. The van der Waals surface area contributed by atoms with Gasteiger partial charge in [0.1, 0.15) is 0 Å². The van der Waals surface area contributed by atoms with Crippen molar-refractivity contribution in [3.63, 3.8) is 0 Å². The Kier molecular flexibility index (Phi) is 6.74. The Labute approximate surface area is 168 Å². The molecule has 1 aliphatic carbocycles. The number of amides is 1. The highest BCUT2D eigenvalue weighted by Crippen LogP contribution is 2.34. The zero-order chi connectivity index (χ0) is 21.7. The third kappa shape index (κ3) is 4.63. The van der Waals surface area contributed by atoms with E-state index in [9.17, 15) is 23.9 Å². The SMILES string of the molecule is O=C(CNc1nonc1/C(=N/O)NC1CCc2ccc(F)c(F)c21)NC[C@@H](O)CO. The lowest BCUT2D eigenvalue weighted by Gasteiger charge is -2.16. The molecule has 0 saturated heterocycles. The van der Waals surface area contributed by atoms with E-state index < -0.39 is 36.3 Å². The number of aliphatic hydroxyl groups excluding tert-OH is 2. The molecule has 1 aromatic carbocycles. The van der Waals surface area contributed by atoms with E-state index in [2.05, 4.69) is 36.0 Å². The van der Waals surface area contributed by atoms with Gasteiger partial charge in [0.15, 0.2) is 23.2 Å². The predicted molar refractivity (Wildman–Crippen MR) is 97.8 cm³/mol. The number of aliphatic hydroxyl groups is 2. The van der Waals surface area contributed by atoms with E-state index in [1.54, 1.807) is 0 Å². The maximum atomic E-state index is 14.2. The van der Waals surface area contributed by atoms with Crippen LogP contribution in [0.1, 0.15) is 29.3 Å². The van der Waals surface area contributed by atoms with Crippen molar-refractivity contribution in [3.05, 3.63) is 40.6 Å². The second-order valence-electron chi connectivity index (χ2n) is 6.57. The first-order valence-electron chi connectivity index (χ1n) is 9.02. The summed E-state index contributed by atoms with van der Waals surface area (Å²) in [7, 11) is 0. The summed E-state index contributed by atoms with van der Waals surface area (Å²) >= 11 is 0. The van der Waals surface area contributed by atoms with Crippen LogP contribution in [0.4, 0.5) is 14.6 Å². The first kappa shape index (κ1) is 21.4. The Morgan fingerprint density at radius 2 is 2.17 bits per heavy atom. The van der Waals surface area contributed by atoms with Gasteiger partial charge in [-0.2, -0.15) is 0 Å². The van der Waals surface area contributed by atoms with Gasteiger partial charge in [-0.3, -0.25) is 4.79 Å². The molecule has 0 spiro atoms. The van der Waals surface area contributed by atoms with Crippen LogP contribution in [0.25, 0.3) is 0 Å². The quantitative estimate of drug-likeness (QED) is 0.143. The van der Waals surface area contributed by atoms with E-state index in [4.69, 9.17) is 5.11 Å². The number of hydrogen-bond acceptors (Lipinski definition) is 9. The Morgan fingerprint density at radius 3 is 2.90 bits per heavy atom. The van der Waals surface area contributed by atoms with E-state index in [1.165, 1.54) is 6.07 Å². The molecule has 13 heteroatoms. The summed E-state index contributed by atoms with van der Waals surface area (Å²) in [5, 5.41) is 45.5. The molecular weight excluding hydrogens is 406 g/mol. The monoisotopic (exact) mass is 426 g/mol.